The molecule has 4 aliphatic rings. The van der Waals surface area contributed by atoms with Gasteiger partial charge in [-0.1, -0.05) is 0 Å². The van der Waals surface area contributed by atoms with Gasteiger partial charge in [-0.15, -0.1) is 0 Å². The molecule has 1 amide bonds. The highest BCUT2D eigenvalue weighted by Gasteiger charge is 2.75. The van der Waals surface area contributed by atoms with Gasteiger partial charge in [-0.25, -0.2) is 4.79 Å². The maximum atomic E-state index is 11.8. The van der Waals surface area contributed by atoms with E-state index in [1.165, 1.54) is 7.11 Å². The van der Waals surface area contributed by atoms with Gasteiger partial charge >= 0.3 is 12.1 Å². The minimum atomic E-state index is -0.965. The Morgan fingerprint density at radius 3 is 2.94 bits per heavy atom. The van der Waals surface area contributed by atoms with E-state index in [-0.39, 0.29) is 12.5 Å². The number of esters is 1. The predicted octanol–water partition coefficient (Wildman–Crippen LogP) is -0.822. The minimum Gasteiger partial charge on any atom is -0.454 e. The van der Waals surface area contributed by atoms with Crippen LogP contribution in [0, 0.1) is 0 Å². The van der Waals surface area contributed by atoms with E-state index in [0.717, 1.165) is 5.06 Å². The van der Waals surface area contributed by atoms with Crippen molar-refractivity contribution < 1.29 is 33.4 Å². The first-order valence-electron chi connectivity index (χ1n) is 5.68. The zero-order valence-corrected chi connectivity index (χ0v) is 9.53. The molecule has 8 nitrogen and oxygen atoms in total. The molecule has 8 heteroatoms. The average molecular weight is 257 g/mol. The smallest absolute Gasteiger partial charge is 0.435 e. The molecule has 0 aromatic rings. The molecule has 18 heavy (non-hydrogen) atoms. The molecule has 0 radical (unpaired) electrons. The zero-order valence-electron chi connectivity index (χ0n) is 9.53. The van der Waals surface area contributed by atoms with Gasteiger partial charge in [-0.2, -0.15) is 5.06 Å². The summed E-state index contributed by atoms with van der Waals surface area (Å²) < 4.78 is 21.5. The Labute approximate surface area is 102 Å². The summed E-state index contributed by atoms with van der Waals surface area (Å²) in [6.07, 6.45) is -2.96. The average Bonchev–Trinajstić information content (AvgIpc) is 2.96. The van der Waals surface area contributed by atoms with Gasteiger partial charge in [0.2, 0.25) is 0 Å². The molecule has 0 unspecified atom stereocenters. The van der Waals surface area contributed by atoms with Crippen LogP contribution in [-0.2, 0) is 28.6 Å². The molecule has 4 aliphatic heterocycles. The lowest BCUT2D eigenvalue weighted by Crippen LogP contribution is -2.65. The summed E-state index contributed by atoms with van der Waals surface area (Å²) in [5.41, 5.74) is -0.965. The molecule has 2 bridgehead atoms. The molecule has 4 heterocycles. The standard InChI is InChI=1S/C10H11NO7/c1-14-11-9(13)18-6-4-3-15-8(16-4)7-10(6,11)2-5(12)17-7/h4,6-8H,2-3H2,1H3/t4-,6-,7-,8-,10-/m1/s1. The molecule has 0 aromatic heterocycles. The third-order valence-electron chi connectivity index (χ3n) is 3.94. The quantitative estimate of drug-likeness (QED) is 0.567. The summed E-state index contributed by atoms with van der Waals surface area (Å²) in [6.45, 7) is 0.315. The van der Waals surface area contributed by atoms with E-state index >= 15 is 0 Å². The second-order valence-electron chi connectivity index (χ2n) is 4.74. The second-order valence-corrected chi connectivity index (χ2v) is 4.74. The van der Waals surface area contributed by atoms with Crippen molar-refractivity contribution >= 4 is 12.1 Å². The number of ether oxygens (including phenoxy) is 4. The number of hydrogen-bond donors (Lipinski definition) is 0. The first-order valence-corrected chi connectivity index (χ1v) is 5.68. The normalized spacial score (nSPS) is 48.8. The lowest BCUT2D eigenvalue weighted by atomic mass is 9.81. The fraction of sp³-hybridized carbons (Fsp3) is 0.800. The summed E-state index contributed by atoms with van der Waals surface area (Å²) in [4.78, 5) is 28.5. The Bertz CT molecular complexity index is 426. The first kappa shape index (κ1) is 10.5. The minimum absolute atomic E-state index is 0.0294. The van der Waals surface area contributed by atoms with Crippen molar-refractivity contribution in [2.24, 2.45) is 0 Å². The number of rotatable bonds is 1. The van der Waals surface area contributed by atoms with Crippen molar-refractivity contribution in [2.75, 3.05) is 13.7 Å². The number of carbonyl (C=O) groups excluding carboxylic acids is 2. The van der Waals surface area contributed by atoms with Crippen LogP contribution in [0.5, 0.6) is 0 Å². The highest BCUT2D eigenvalue weighted by Crippen LogP contribution is 2.51. The van der Waals surface area contributed by atoms with Crippen LogP contribution in [0.4, 0.5) is 4.79 Å². The molecule has 0 saturated carbocycles. The summed E-state index contributed by atoms with van der Waals surface area (Å²) in [7, 11) is 1.36. The molecule has 98 valence electrons. The topological polar surface area (TPSA) is 83.5 Å². The Morgan fingerprint density at radius 2 is 2.17 bits per heavy atom. The van der Waals surface area contributed by atoms with Crippen molar-refractivity contribution in [1.29, 1.82) is 0 Å². The molecule has 4 fully saturated rings. The van der Waals surface area contributed by atoms with Gasteiger partial charge in [-0.3, -0.25) is 9.63 Å². The number of amides is 1. The fourth-order valence-electron chi connectivity index (χ4n) is 3.30. The zero-order chi connectivity index (χ0) is 12.5. The van der Waals surface area contributed by atoms with Crippen LogP contribution < -0.4 is 0 Å². The van der Waals surface area contributed by atoms with Gasteiger partial charge in [-0.05, 0) is 0 Å². The molecular weight excluding hydrogens is 246 g/mol. The van der Waals surface area contributed by atoms with Crippen LogP contribution in [0.2, 0.25) is 0 Å². The van der Waals surface area contributed by atoms with Crippen molar-refractivity contribution in [3.05, 3.63) is 0 Å². The number of hydroxylamine groups is 2. The van der Waals surface area contributed by atoms with E-state index in [2.05, 4.69) is 0 Å². The summed E-state index contributed by atoms with van der Waals surface area (Å²) in [5, 5.41) is 1.09. The first-order chi connectivity index (χ1) is 8.66. The molecule has 0 aromatic carbocycles. The SMILES string of the molecule is CON1C(=O)O[C@@H]2[C@H]3CO[C@H](O3)[C@H]3OC(=O)C[C@]321. The van der Waals surface area contributed by atoms with E-state index in [1.807, 2.05) is 0 Å². The van der Waals surface area contributed by atoms with E-state index in [0.29, 0.717) is 6.61 Å². The molecule has 1 spiro atoms. The lowest BCUT2D eigenvalue weighted by molar-refractivity contribution is -0.245. The summed E-state index contributed by atoms with van der Waals surface area (Å²) in [6, 6.07) is 0. The van der Waals surface area contributed by atoms with Crippen molar-refractivity contribution in [3.63, 3.8) is 0 Å². The van der Waals surface area contributed by atoms with Crippen LogP contribution in [0.25, 0.3) is 0 Å². The van der Waals surface area contributed by atoms with Crippen LogP contribution in [0.1, 0.15) is 6.42 Å². The summed E-state index contributed by atoms with van der Waals surface area (Å²) in [5.74, 6) is -0.412. The predicted molar refractivity (Wildman–Crippen MR) is 51.0 cm³/mol. The molecule has 0 aliphatic carbocycles. The highest BCUT2D eigenvalue weighted by molar-refractivity contribution is 5.79. The van der Waals surface area contributed by atoms with Crippen LogP contribution in [-0.4, -0.2) is 61.0 Å². The van der Waals surface area contributed by atoms with Gasteiger partial charge in [0.05, 0.1) is 20.1 Å². The van der Waals surface area contributed by atoms with Gasteiger partial charge in [0.1, 0.15) is 6.10 Å². The van der Waals surface area contributed by atoms with Crippen LogP contribution in [0.15, 0.2) is 0 Å². The number of carbonyl (C=O) groups is 2. The summed E-state index contributed by atoms with van der Waals surface area (Å²) >= 11 is 0. The Morgan fingerprint density at radius 1 is 1.33 bits per heavy atom. The van der Waals surface area contributed by atoms with Crippen molar-refractivity contribution in [2.45, 2.75) is 36.6 Å². The maximum Gasteiger partial charge on any atom is 0.435 e. The van der Waals surface area contributed by atoms with E-state index < -0.39 is 36.1 Å². The molecule has 5 atom stereocenters. The van der Waals surface area contributed by atoms with Gasteiger partial charge in [0.15, 0.2) is 24.0 Å². The largest absolute Gasteiger partial charge is 0.454 e. The molecule has 4 rings (SSSR count). The lowest BCUT2D eigenvalue weighted by Gasteiger charge is -2.41. The van der Waals surface area contributed by atoms with Gasteiger partial charge < -0.3 is 18.9 Å². The van der Waals surface area contributed by atoms with E-state index in [4.69, 9.17) is 23.8 Å². The van der Waals surface area contributed by atoms with E-state index in [1.54, 1.807) is 0 Å². The Hall–Kier alpha value is -1.38. The fourth-order valence-corrected chi connectivity index (χ4v) is 3.30. The third-order valence-corrected chi connectivity index (χ3v) is 3.94. The van der Waals surface area contributed by atoms with Gasteiger partial charge in [0, 0.05) is 0 Å². The molecule has 0 N–H and O–H groups in total. The number of nitrogens with zero attached hydrogens (tertiary/aromatic N) is 1. The Kier molecular flexibility index (Phi) is 1.84. The highest BCUT2D eigenvalue weighted by atomic mass is 16.8. The number of fused-ring (bicyclic) bond motifs is 4. The molecular formula is C10H11NO7. The number of hydrogen-bond acceptors (Lipinski definition) is 7. The second kappa shape index (κ2) is 3.14. The van der Waals surface area contributed by atoms with Crippen molar-refractivity contribution in [1.82, 2.24) is 5.06 Å². The van der Waals surface area contributed by atoms with Crippen LogP contribution in [0.3, 0.4) is 0 Å². The Balaban J connectivity index is 1.85. The van der Waals surface area contributed by atoms with E-state index in [9.17, 15) is 9.59 Å². The van der Waals surface area contributed by atoms with Crippen LogP contribution >= 0.6 is 0 Å². The molecule has 4 saturated heterocycles. The maximum absolute atomic E-state index is 11.8. The van der Waals surface area contributed by atoms with Crippen molar-refractivity contribution in [3.8, 4) is 0 Å². The third kappa shape index (κ3) is 0.979. The van der Waals surface area contributed by atoms with Gasteiger partial charge in [0.25, 0.3) is 0 Å². The monoisotopic (exact) mass is 257 g/mol.